The lowest BCUT2D eigenvalue weighted by atomic mass is 10.1. The third-order valence-corrected chi connectivity index (χ3v) is 10.9. The van der Waals surface area contributed by atoms with Gasteiger partial charge in [0, 0.05) is 13.0 Å². The first-order chi connectivity index (χ1) is 28.3. The van der Waals surface area contributed by atoms with E-state index >= 15 is 0 Å². The number of rotatable bonds is 45. The Morgan fingerprint density at radius 2 is 0.931 bits per heavy atom. The van der Waals surface area contributed by atoms with Crippen LogP contribution in [0.4, 0.5) is 0 Å². The van der Waals surface area contributed by atoms with Crippen LogP contribution in [0.2, 0.25) is 0 Å². The van der Waals surface area contributed by atoms with E-state index in [0.29, 0.717) is 6.61 Å². The van der Waals surface area contributed by atoms with Gasteiger partial charge in [-0.2, -0.15) is 0 Å². The van der Waals surface area contributed by atoms with Gasteiger partial charge in [-0.15, -0.1) is 0 Å². The van der Waals surface area contributed by atoms with Gasteiger partial charge in [-0.3, -0.25) is 13.8 Å². The Balaban J connectivity index is 4.13. The number of unbranched alkanes of at least 4 members (excludes halogenated alkanes) is 23. The third-order valence-electron chi connectivity index (χ3n) is 9.99. The van der Waals surface area contributed by atoms with Crippen molar-refractivity contribution >= 4 is 13.8 Å². The van der Waals surface area contributed by atoms with Crippen molar-refractivity contribution in [3.05, 3.63) is 48.6 Å². The van der Waals surface area contributed by atoms with Crippen LogP contribution >= 0.6 is 7.82 Å². The number of carbonyl (C=O) groups is 1. The van der Waals surface area contributed by atoms with Crippen molar-refractivity contribution in [3.8, 4) is 0 Å². The molecule has 0 saturated carbocycles. The predicted molar refractivity (Wildman–Crippen MR) is 242 cm³/mol. The number of esters is 1. The van der Waals surface area contributed by atoms with Crippen molar-refractivity contribution in [1.29, 1.82) is 0 Å². The SMILES string of the molecule is CCCCC/C=C\C/C=C\CCCCCCCCCCCCOCC(COP(=O)(O)OCC(O)CO)OC(=O)CCCCCCCCC/C=C\C/C=C\CCCCC. The van der Waals surface area contributed by atoms with Crippen molar-refractivity contribution in [1.82, 2.24) is 0 Å². The normalized spacial score (nSPS) is 14.4. The molecule has 0 aliphatic rings. The van der Waals surface area contributed by atoms with E-state index in [1.54, 1.807) is 0 Å². The summed E-state index contributed by atoms with van der Waals surface area (Å²) in [4.78, 5) is 22.6. The molecule has 3 N–H and O–H groups in total. The molecule has 0 radical (unpaired) electrons. The maximum atomic E-state index is 12.6. The third kappa shape index (κ3) is 44.0. The van der Waals surface area contributed by atoms with Gasteiger partial charge in [0.15, 0.2) is 0 Å². The van der Waals surface area contributed by atoms with Crippen LogP contribution in [0, 0.1) is 0 Å². The Kier molecular flexibility index (Phi) is 43.7. The molecule has 10 heteroatoms. The molecule has 58 heavy (non-hydrogen) atoms. The minimum atomic E-state index is -4.52. The zero-order valence-corrected chi connectivity index (χ0v) is 38.2. The Labute approximate surface area is 356 Å². The monoisotopic (exact) mass is 841 g/mol. The molecule has 0 bridgehead atoms. The second-order valence-corrected chi connectivity index (χ2v) is 17.2. The van der Waals surface area contributed by atoms with E-state index in [0.717, 1.165) is 64.2 Å². The van der Waals surface area contributed by atoms with Crippen molar-refractivity contribution in [2.75, 3.05) is 33.0 Å². The molecule has 9 nitrogen and oxygen atoms in total. The standard InChI is InChI=1S/C48H89O9P/c1-3-5-7-9-11-13-15-17-19-21-22-23-25-27-29-31-33-35-37-39-41-54-44-47(45-56-58(52,53)55-43-46(50)42-49)57-48(51)40-38-36-34-32-30-28-26-24-20-18-16-14-12-10-8-6-4-2/h11-14,17-20,46-47,49-50H,3-10,15-16,21-45H2,1-2H3,(H,52,53)/b13-11-,14-12-,19-17-,20-18-. The number of allylic oxidation sites excluding steroid dienone is 8. The van der Waals surface area contributed by atoms with E-state index < -0.39 is 39.2 Å². The van der Waals surface area contributed by atoms with E-state index in [4.69, 9.17) is 23.6 Å². The van der Waals surface area contributed by atoms with Crippen LogP contribution in [0.5, 0.6) is 0 Å². The average Bonchev–Trinajstić information content (AvgIpc) is 3.21. The summed E-state index contributed by atoms with van der Waals surface area (Å²) in [7, 11) is -4.52. The van der Waals surface area contributed by atoms with Crippen LogP contribution in [-0.4, -0.2) is 66.3 Å². The summed E-state index contributed by atoms with van der Waals surface area (Å²) >= 11 is 0. The number of aliphatic hydroxyl groups is 2. The molecular formula is C48H89O9P. The zero-order valence-electron chi connectivity index (χ0n) is 37.3. The Morgan fingerprint density at radius 3 is 1.38 bits per heavy atom. The van der Waals surface area contributed by atoms with E-state index in [1.807, 2.05) is 0 Å². The maximum Gasteiger partial charge on any atom is 0.472 e. The highest BCUT2D eigenvalue weighted by molar-refractivity contribution is 7.47. The average molecular weight is 841 g/mol. The van der Waals surface area contributed by atoms with Gasteiger partial charge in [-0.1, -0.05) is 172 Å². The summed E-state index contributed by atoms with van der Waals surface area (Å²) in [5.41, 5.74) is 0. The molecule has 0 spiro atoms. The fraction of sp³-hybridized carbons (Fsp3) is 0.812. The minimum absolute atomic E-state index is 0.0436. The van der Waals surface area contributed by atoms with Gasteiger partial charge >= 0.3 is 13.8 Å². The number of aliphatic hydroxyl groups excluding tert-OH is 2. The first kappa shape index (κ1) is 56.4. The van der Waals surface area contributed by atoms with Gasteiger partial charge in [-0.25, -0.2) is 4.57 Å². The van der Waals surface area contributed by atoms with Crippen LogP contribution in [0.1, 0.15) is 206 Å². The fourth-order valence-corrected chi connectivity index (χ4v) is 7.15. The summed E-state index contributed by atoms with van der Waals surface area (Å²) in [6.07, 6.45) is 50.6. The summed E-state index contributed by atoms with van der Waals surface area (Å²) in [6, 6.07) is 0. The van der Waals surface area contributed by atoms with Crippen molar-refractivity contribution in [2.45, 2.75) is 219 Å². The molecule has 340 valence electrons. The molecule has 0 aliphatic carbocycles. The van der Waals surface area contributed by atoms with Gasteiger partial charge in [0.25, 0.3) is 0 Å². The van der Waals surface area contributed by atoms with Gasteiger partial charge in [0.2, 0.25) is 0 Å². The molecule has 3 unspecified atom stereocenters. The second kappa shape index (κ2) is 45.0. The van der Waals surface area contributed by atoms with Gasteiger partial charge < -0.3 is 24.6 Å². The van der Waals surface area contributed by atoms with Crippen molar-refractivity contribution in [2.24, 2.45) is 0 Å². The number of carbonyl (C=O) groups excluding carboxylic acids is 1. The van der Waals surface area contributed by atoms with Gasteiger partial charge in [0.05, 0.1) is 26.4 Å². The van der Waals surface area contributed by atoms with Gasteiger partial charge in [-0.05, 0) is 77.0 Å². The maximum absolute atomic E-state index is 12.6. The van der Waals surface area contributed by atoms with Crippen LogP contribution < -0.4 is 0 Å². The number of phosphoric ester groups is 1. The van der Waals surface area contributed by atoms with Crippen molar-refractivity contribution < 1.29 is 43.0 Å². The summed E-state index contributed by atoms with van der Waals surface area (Å²) in [5.74, 6) is -0.391. The predicted octanol–water partition coefficient (Wildman–Crippen LogP) is 13.4. The highest BCUT2D eigenvalue weighted by atomic mass is 31.2. The summed E-state index contributed by atoms with van der Waals surface area (Å²) in [6.45, 7) is 3.47. The molecule has 0 amide bonds. The lowest BCUT2D eigenvalue weighted by Crippen LogP contribution is -2.29. The number of hydrogen-bond acceptors (Lipinski definition) is 8. The first-order valence-electron chi connectivity index (χ1n) is 23.6. The molecule has 0 aliphatic heterocycles. The fourth-order valence-electron chi connectivity index (χ4n) is 6.36. The highest BCUT2D eigenvalue weighted by Crippen LogP contribution is 2.43. The zero-order chi connectivity index (χ0) is 42.5. The molecular weight excluding hydrogens is 751 g/mol. The van der Waals surface area contributed by atoms with E-state index in [1.165, 1.54) is 122 Å². The molecule has 0 aromatic rings. The molecule has 0 heterocycles. The first-order valence-corrected chi connectivity index (χ1v) is 25.1. The molecule has 0 rings (SSSR count). The minimum Gasteiger partial charge on any atom is -0.457 e. The lowest BCUT2D eigenvalue weighted by molar-refractivity contribution is -0.154. The summed E-state index contributed by atoms with van der Waals surface area (Å²) < 4.78 is 33.4. The van der Waals surface area contributed by atoms with Crippen LogP contribution in [0.25, 0.3) is 0 Å². The number of ether oxygens (including phenoxy) is 2. The Hall–Kier alpha value is -1.58. The number of hydrogen-bond donors (Lipinski definition) is 3. The van der Waals surface area contributed by atoms with Crippen LogP contribution in [-0.2, 0) is 27.9 Å². The molecule has 3 atom stereocenters. The molecule has 0 saturated heterocycles. The molecule has 0 aromatic carbocycles. The number of phosphoric acid groups is 1. The van der Waals surface area contributed by atoms with Crippen LogP contribution in [0.15, 0.2) is 48.6 Å². The quantitative estimate of drug-likeness (QED) is 0.0237. The topological polar surface area (TPSA) is 132 Å². The largest absolute Gasteiger partial charge is 0.472 e. The van der Waals surface area contributed by atoms with E-state index in [2.05, 4.69) is 62.5 Å². The molecule has 0 fully saturated rings. The van der Waals surface area contributed by atoms with Gasteiger partial charge in [0.1, 0.15) is 12.2 Å². The van der Waals surface area contributed by atoms with Crippen molar-refractivity contribution in [3.63, 3.8) is 0 Å². The molecule has 0 aromatic heterocycles. The Morgan fingerprint density at radius 1 is 0.534 bits per heavy atom. The summed E-state index contributed by atoms with van der Waals surface area (Å²) in [5, 5.41) is 18.4. The van der Waals surface area contributed by atoms with E-state index in [-0.39, 0.29) is 19.6 Å². The second-order valence-electron chi connectivity index (χ2n) is 15.8. The van der Waals surface area contributed by atoms with E-state index in [9.17, 15) is 19.4 Å². The lowest BCUT2D eigenvalue weighted by Gasteiger charge is -2.20. The van der Waals surface area contributed by atoms with Crippen LogP contribution in [0.3, 0.4) is 0 Å². The highest BCUT2D eigenvalue weighted by Gasteiger charge is 2.26. The smallest absolute Gasteiger partial charge is 0.457 e. The Bertz CT molecular complexity index is 1040.